The lowest BCUT2D eigenvalue weighted by molar-refractivity contribution is -0.146. The Hall–Kier alpha value is -1.06. The SMILES string of the molecule is O=C(C1CCCN1C(=O)C1CCCC1)N1CCCCCCC1. The first-order valence-electron chi connectivity index (χ1n) is 9.36. The summed E-state index contributed by atoms with van der Waals surface area (Å²) in [6.45, 7) is 2.57. The molecule has 2 amide bonds. The highest BCUT2D eigenvalue weighted by Crippen LogP contribution is 2.30. The monoisotopic (exact) mass is 306 g/mol. The van der Waals surface area contributed by atoms with Crippen LogP contribution >= 0.6 is 0 Å². The van der Waals surface area contributed by atoms with Gasteiger partial charge in [-0.1, -0.05) is 32.1 Å². The summed E-state index contributed by atoms with van der Waals surface area (Å²) in [5, 5.41) is 0. The lowest BCUT2D eigenvalue weighted by Crippen LogP contribution is -2.49. The molecule has 4 heteroatoms. The van der Waals surface area contributed by atoms with Gasteiger partial charge in [-0.3, -0.25) is 9.59 Å². The molecule has 1 saturated carbocycles. The average molecular weight is 306 g/mol. The molecule has 2 saturated heterocycles. The van der Waals surface area contributed by atoms with E-state index in [1.165, 1.54) is 32.1 Å². The summed E-state index contributed by atoms with van der Waals surface area (Å²) in [7, 11) is 0. The van der Waals surface area contributed by atoms with Crippen LogP contribution in [0.4, 0.5) is 0 Å². The lowest BCUT2D eigenvalue weighted by Gasteiger charge is -2.32. The number of hydrogen-bond donors (Lipinski definition) is 0. The molecular weight excluding hydrogens is 276 g/mol. The Morgan fingerprint density at radius 3 is 1.95 bits per heavy atom. The van der Waals surface area contributed by atoms with Crippen molar-refractivity contribution in [1.82, 2.24) is 9.80 Å². The molecule has 22 heavy (non-hydrogen) atoms. The summed E-state index contributed by atoms with van der Waals surface area (Å²) in [6, 6.07) is -0.160. The fourth-order valence-electron chi connectivity index (χ4n) is 4.37. The van der Waals surface area contributed by atoms with Gasteiger partial charge in [0.1, 0.15) is 6.04 Å². The summed E-state index contributed by atoms with van der Waals surface area (Å²) >= 11 is 0. The van der Waals surface area contributed by atoms with Crippen LogP contribution in [-0.4, -0.2) is 47.3 Å². The molecule has 1 unspecified atom stereocenters. The number of likely N-dealkylation sites (tertiary alicyclic amines) is 2. The molecular formula is C18H30N2O2. The number of hydrogen-bond acceptors (Lipinski definition) is 2. The Labute approximate surface area is 134 Å². The van der Waals surface area contributed by atoms with Crippen molar-refractivity contribution in [2.45, 2.75) is 76.7 Å². The third-order valence-corrected chi connectivity index (χ3v) is 5.69. The fourth-order valence-corrected chi connectivity index (χ4v) is 4.37. The maximum absolute atomic E-state index is 12.9. The second-order valence-electron chi connectivity index (χ2n) is 7.26. The van der Waals surface area contributed by atoms with Crippen molar-refractivity contribution in [2.24, 2.45) is 5.92 Å². The number of carbonyl (C=O) groups excluding carboxylic acids is 2. The average Bonchev–Trinajstić information content (AvgIpc) is 3.17. The Balaban J connectivity index is 1.63. The molecule has 0 spiro atoms. The molecule has 0 aromatic rings. The van der Waals surface area contributed by atoms with Gasteiger partial charge in [-0.15, -0.1) is 0 Å². The molecule has 2 heterocycles. The number of carbonyl (C=O) groups is 2. The first-order valence-corrected chi connectivity index (χ1v) is 9.36. The van der Waals surface area contributed by atoms with Gasteiger partial charge in [-0.25, -0.2) is 0 Å². The van der Waals surface area contributed by atoms with Crippen molar-refractivity contribution in [3.8, 4) is 0 Å². The molecule has 0 bridgehead atoms. The van der Waals surface area contributed by atoms with Gasteiger partial charge in [-0.05, 0) is 38.5 Å². The predicted octanol–water partition coefficient (Wildman–Crippen LogP) is 2.96. The zero-order valence-electron chi connectivity index (χ0n) is 13.8. The second kappa shape index (κ2) is 7.47. The van der Waals surface area contributed by atoms with Crippen LogP contribution in [0.2, 0.25) is 0 Å². The summed E-state index contributed by atoms with van der Waals surface area (Å²) in [5.41, 5.74) is 0. The molecule has 3 rings (SSSR count). The Bertz CT molecular complexity index is 396. The van der Waals surface area contributed by atoms with Crippen molar-refractivity contribution in [2.75, 3.05) is 19.6 Å². The van der Waals surface area contributed by atoms with Gasteiger partial charge in [0, 0.05) is 25.6 Å². The highest BCUT2D eigenvalue weighted by atomic mass is 16.2. The molecule has 1 atom stereocenters. The van der Waals surface area contributed by atoms with Crippen LogP contribution in [0, 0.1) is 5.92 Å². The Morgan fingerprint density at radius 2 is 1.27 bits per heavy atom. The minimum Gasteiger partial charge on any atom is -0.341 e. The van der Waals surface area contributed by atoms with Crippen molar-refractivity contribution < 1.29 is 9.59 Å². The molecule has 124 valence electrons. The molecule has 3 aliphatic rings. The van der Waals surface area contributed by atoms with Crippen molar-refractivity contribution in [3.63, 3.8) is 0 Å². The normalized spacial score (nSPS) is 27.7. The first kappa shape index (κ1) is 15.8. The summed E-state index contributed by atoms with van der Waals surface area (Å²) in [5.74, 6) is 0.687. The summed E-state index contributed by atoms with van der Waals surface area (Å²) < 4.78 is 0. The topological polar surface area (TPSA) is 40.6 Å². The van der Waals surface area contributed by atoms with Crippen LogP contribution in [0.1, 0.15) is 70.6 Å². The first-order chi connectivity index (χ1) is 10.8. The van der Waals surface area contributed by atoms with Gasteiger partial charge in [0.25, 0.3) is 0 Å². The van der Waals surface area contributed by atoms with Gasteiger partial charge in [0.15, 0.2) is 0 Å². The maximum Gasteiger partial charge on any atom is 0.245 e. The third kappa shape index (κ3) is 3.47. The van der Waals surface area contributed by atoms with Crippen LogP contribution < -0.4 is 0 Å². The molecule has 0 aromatic heterocycles. The van der Waals surface area contributed by atoms with Gasteiger partial charge in [0.05, 0.1) is 0 Å². The van der Waals surface area contributed by atoms with E-state index in [2.05, 4.69) is 0 Å². The van der Waals surface area contributed by atoms with Gasteiger partial charge in [-0.2, -0.15) is 0 Å². The Morgan fingerprint density at radius 1 is 0.636 bits per heavy atom. The lowest BCUT2D eigenvalue weighted by atomic mass is 10.0. The van der Waals surface area contributed by atoms with Gasteiger partial charge in [0.2, 0.25) is 11.8 Å². The molecule has 0 N–H and O–H groups in total. The molecule has 2 aliphatic heterocycles. The van der Waals surface area contributed by atoms with Crippen molar-refractivity contribution >= 4 is 11.8 Å². The zero-order chi connectivity index (χ0) is 15.4. The van der Waals surface area contributed by atoms with E-state index in [1.807, 2.05) is 9.80 Å². The molecule has 3 fully saturated rings. The van der Waals surface area contributed by atoms with E-state index in [9.17, 15) is 9.59 Å². The summed E-state index contributed by atoms with van der Waals surface area (Å²) in [4.78, 5) is 29.6. The third-order valence-electron chi connectivity index (χ3n) is 5.69. The highest BCUT2D eigenvalue weighted by molar-refractivity contribution is 5.89. The summed E-state index contributed by atoms with van der Waals surface area (Å²) in [6.07, 6.45) is 12.3. The van der Waals surface area contributed by atoms with E-state index in [-0.39, 0.29) is 23.8 Å². The smallest absolute Gasteiger partial charge is 0.245 e. The van der Waals surface area contributed by atoms with E-state index in [0.717, 1.165) is 58.2 Å². The quantitative estimate of drug-likeness (QED) is 0.787. The molecule has 1 aliphatic carbocycles. The standard InChI is InChI=1S/C18H30N2O2/c21-17(15-9-4-5-10-15)20-14-8-11-16(20)18(22)19-12-6-2-1-3-7-13-19/h15-16H,1-14H2. The van der Waals surface area contributed by atoms with E-state index in [1.54, 1.807) is 0 Å². The van der Waals surface area contributed by atoms with Gasteiger partial charge >= 0.3 is 0 Å². The van der Waals surface area contributed by atoms with Crippen molar-refractivity contribution in [3.05, 3.63) is 0 Å². The fraction of sp³-hybridized carbons (Fsp3) is 0.889. The maximum atomic E-state index is 12.9. The van der Waals surface area contributed by atoms with Crippen LogP contribution in [0.25, 0.3) is 0 Å². The van der Waals surface area contributed by atoms with Gasteiger partial charge < -0.3 is 9.80 Å². The molecule has 4 nitrogen and oxygen atoms in total. The minimum atomic E-state index is -0.160. The Kier molecular flexibility index (Phi) is 5.37. The molecule has 0 aromatic carbocycles. The van der Waals surface area contributed by atoms with E-state index < -0.39 is 0 Å². The predicted molar refractivity (Wildman–Crippen MR) is 86.4 cm³/mol. The highest BCUT2D eigenvalue weighted by Gasteiger charge is 2.39. The van der Waals surface area contributed by atoms with E-state index >= 15 is 0 Å². The number of nitrogens with zero attached hydrogens (tertiary/aromatic N) is 2. The van der Waals surface area contributed by atoms with Crippen molar-refractivity contribution in [1.29, 1.82) is 0 Å². The zero-order valence-corrected chi connectivity index (χ0v) is 13.8. The number of rotatable bonds is 2. The second-order valence-corrected chi connectivity index (χ2v) is 7.26. The van der Waals surface area contributed by atoms with E-state index in [4.69, 9.17) is 0 Å². The van der Waals surface area contributed by atoms with E-state index in [0.29, 0.717) is 0 Å². The number of amides is 2. The van der Waals surface area contributed by atoms with Crippen LogP contribution in [0.15, 0.2) is 0 Å². The van der Waals surface area contributed by atoms with Crippen LogP contribution in [-0.2, 0) is 9.59 Å². The van der Waals surface area contributed by atoms with Crippen LogP contribution in [0.5, 0.6) is 0 Å². The van der Waals surface area contributed by atoms with Crippen LogP contribution in [0.3, 0.4) is 0 Å². The molecule has 0 radical (unpaired) electrons. The minimum absolute atomic E-state index is 0.160. The largest absolute Gasteiger partial charge is 0.341 e.